The number of unbranched alkanes of at least 4 members (excludes halogenated alkanes) is 9. The Labute approximate surface area is 278 Å². The number of rotatable bonds is 28. The summed E-state index contributed by atoms with van der Waals surface area (Å²) in [7, 11) is 1.73. The molecule has 8 nitrogen and oxygen atoms in total. The van der Waals surface area contributed by atoms with Gasteiger partial charge in [-0.05, 0) is 28.7 Å². The smallest absolute Gasteiger partial charge is 0.409 e. The molecule has 2 aromatic rings. The van der Waals surface area contributed by atoms with Crippen LogP contribution in [0.4, 0.5) is 4.79 Å². The number of hydrogen-bond donors (Lipinski definition) is 0. The Morgan fingerprint density at radius 1 is 0.565 bits per heavy atom. The van der Waals surface area contributed by atoms with Gasteiger partial charge in [0.15, 0.2) is 0 Å². The van der Waals surface area contributed by atoms with E-state index in [0.29, 0.717) is 72.6 Å². The number of nitrogens with zero attached hydrogens (tertiary/aromatic N) is 1. The van der Waals surface area contributed by atoms with E-state index < -0.39 is 0 Å². The van der Waals surface area contributed by atoms with Crippen LogP contribution in [0.15, 0.2) is 48.5 Å². The van der Waals surface area contributed by atoms with Gasteiger partial charge < -0.3 is 33.3 Å². The largest absolute Gasteiger partial charge is 0.448 e. The summed E-state index contributed by atoms with van der Waals surface area (Å²) in [6.45, 7) is 8.57. The van der Waals surface area contributed by atoms with Crippen molar-refractivity contribution in [2.24, 2.45) is 0 Å². The highest BCUT2D eigenvalue weighted by atomic mass is 16.6. The third kappa shape index (κ3) is 14.9. The van der Waals surface area contributed by atoms with Crippen LogP contribution in [0, 0.1) is 0 Å². The number of carbonyl (C=O) groups excluding carboxylic acids is 1. The molecule has 8 heteroatoms. The van der Waals surface area contributed by atoms with E-state index in [4.69, 9.17) is 28.4 Å². The minimum absolute atomic E-state index is 0.0539. The van der Waals surface area contributed by atoms with Crippen molar-refractivity contribution in [2.45, 2.75) is 77.0 Å². The molecule has 0 spiro atoms. The molecular weight excluding hydrogens is 582 g/mol. The summed E-state index contributed by atoms with van der Waals surface area (Å²) in [6, 6.07) is 16.7. The molecule has 0 unspecified atom stereocenters. The Hall–Kier alpha value is -2.49. The molecule has 0 atom stereocenters. The van der Waals surface area contributed by atoms with Crippen LogP contribution in [0.3, 0.4) is 0 Å². The second kappa shape index (κ2) is 24.7. The summed E-state index contributed by atoms with van der Waals surface area (Å²) in [6.07, 6.45) is 13.0. The molecule has 0 heterocycles. The predicted octanol–water partition coefficient (Wildman–Crippen LogP) is 7.87. The fourth-order valence-corrected chi connectivity index (χ4v) is 5.67. The van der Waals surface area contributed by atoms with Crippen LogP contribution in [0.5, 0.6) is 0 Å². The third-order valence-electron chi connectivity index (χ3n) is 8.35. The zero-order valence-electron chi connectivity index (χ0n) is 28.6. The van der Waals surface area contributed by atoms with Crippen LogP contribution >= 0.6 is 0 Å². The summed E-state index contributed by atoms with van der Waals surface area (Å²) >= 11 is 0. The van der Waals surface area contributed by atoms with E-state index >= 15 is 0 Å². The molecule has 1 aliphatic rings. The zero-order valence-corrected chi connectivity index (χ0v) is 28.6. The minimum atomic E-state index is -0.347. The standard InChI is InChI=1S/C38H59NO7/c1-3-4-5-6-7-8-9-10-11-16-22-41-24-26-43-28-30-45-31-29-44-27-25-42-23-21-39(2)38(40)46-32-37-35-19-14-12-17-33(35)34-18-13-15-20-36(34)37/h12-15,17-20,37H,3-11,16,21-32H2,1-2H3. The number of carbonyl (C=O) groups is 1. The van der Waals surface area contributed by atoms with Crippen LogP contribution in [0.2, 0.25) is 0 Å². The normalized spacial score (nSPS) is 12.3. The SMILES string of the molecule is CCCCCCCCCCCCOCCOCCOCCOCCOCCN(C)C(=O)OCC1c2ccccc2-c2ccccc21. The fourth-order valence-electron chi connectivity index (χ4n) is 5.67. The van der Waals surface area contributed by atoms with Crippen molar-refractivity contribution in [1.82, 2.24) is 4.90 Å². The van der Waals surface area contributed by atoms with Crippen molar-refractivity contribution in [2.75, 3.05) is 86.3 Å². The maximum Gasteiger partial charge on any atom is 0.409 e. The van der Waals surface area contributed by atoms with Gasteiger partial charge in [0, 0.05) is 26.1 Å². The van der Waals surface area contributed by atoms with E-state index in [9.17, 15) is 4.79 Å². The molecule has 0 saturated heterocycles. The predicted molar refractivity (Wildman–Crippen MR) is 184 cm³/mol. The molecule has 1 aliphatic carbocycles. The van der Waals surface area contributed by atoms with Crippen molar-refractivity contribution in [3.63, 3.8) is 0 Å². The molecule has 46 heavy (non-hydrogen) atoms. The first-order valence-corrected chi connectivity index (χ1v) is 17.7. The van der Waals surface area contributed by atoms with Crippen molar-refractivity contribution in [3.05, 3.63) is 59.7 Å². The highest BCUT2D eigenvalue weighted by Gasteiger charge is 2.29. The Morgan fingerprint density at radius 2 is 0.978 bits per heavy atom. The van der Waals surface area contributed by atoms with E-state index in [1.807, 2.05) is 24.3 Å². The fraction of sp³-hybridized carbons (Fsp3) is 0.658. The van der Waals surface area contributed by atoms with Gasteiger partial charge in [-0.25, -0.2) is 4.79 Å². The first kappa shape index (κ1) is 38.0. The maximum absolute atomic E-state index is 12.6. The summed E-state index contributed by atoms with van der Waals surface area (Å²) < 4.78 is 33.6. The van der Waals surface area contributed by atoms with Gasteiger partial charge in [-0.15, -0.1) is 0 Å². The molecule has 0 radical (unpaired) electrons. The molecule has 1 amide bonds. The highest BCUT2D eigenvalue weighted by molar-refractivity contribution is 5.79. The van der Waals surface area contributed by atoms with Crippen LogP contribution in [0.1, 0.15) is 88.2 Å². The lowest BCUT2D eigenvalue weighted by Crippen LogP contribution is -2.32. The van der Waals surface area contributed by atoms with Crippen molar-refractivity contribution in [1.29, 1.82) is 0 Å². The maximum atomic E-state index is 12.6. The van der Waals surface area contributed by atoms with Crippen LogP contribution in [-0.4, -0.2) is 97.3 Å². The second-order valence-corrected chi connectivity index (χ2v) is 12.0. The van der Waals surface area contributed by atoms with Crippen molar-refractivity contribution >= 4 is 6.09 Å². The van der Waals surface area contributed by atoms with E-state index in [1.165, 1.54) is 80.0 Å². The van der Waals surface area contributed by atoms with Crippen molar-refractivity contribution in [3.8, 4) is 11.1 Å². The van der Waals surface area contributed by atoms with Crippen molar-refractivity contribution < 1.29 is 33.2 Å². The number of likely N-dealkylation sites (N-methyl/N-ethyl adjacent to an activating group) is 1. The molecule has 0 fully saturated rings. The number of ether oxygens (including phenoxy) is 6. The third-order valence-corrected chi connectivity index (χ3v) is 8.35. The average molecular weight is 642 g/mol. The Kier molecular flexibility index (Phi) is 20.3. The Balaban J connectivity index is 1.04. The van der Waals surface area contributed by atoms with Crippen LogP contribution < -0.4 is 0 Å². The summed E-state index contributed by atoms with van der Waals surface area (Å²) in [4.78, 5) is 14.1. The second-order valence-electron chi connectivity index (χ2n) is 12.0. The molecule has 0 saturated carbocycles. The first-order chi connectivity index (χ1) is 22.7. The number of amides is 1. The van der Waals surface area contributed by atoms with Gasteiger partial charge in [-0.1, -0.05) is 113 Å². The topological polar surface area (TPSA) is 75.7 Å². The van der Waals surface area contributed by atoms with Gasteiger partial charge >= 0.3 is 6.09 Å². The van der Waals surface area contributed by atoms with E-state index in [2.05, 4.69) is 31.2 Å². The highest BCUT2D eigenvalue weighted by Crippen LogP contribution is 2.44. The lowest BCUT2D eigenvalue weighted by molar-refractivity contribution is -0.0121. The van der Waals surface area contributed by atoms with E-state index in [-0.39, 0.29) is 12.0 Å². The molecule has 2 aromatic carbocycles. The monoisotopic (exact) mass is 641 g/mol. The molecule has 0 bridgehead atoms. The zero-order chi connectivity index (χ0) is 32.5. The molecule has 258 valence electrons. The van der Waals surface area contributed by atoms with Gasteiger partial charge in [0.2, 0.25) is 0 Å². The minimum Gasteiger partial charge on any atom is -0.448 e. The Morgan fingerprint density at radius 3 is 1.48 bits per heavy atom. The summed E-state index contributed by atoms with van der Waals surface area (Å²) in [5, 5.41) is 0. The number of fused-ring (bicyclic) bond motifs is 3. The van der Waals surface area contributed by atoms with Gasteiger partial charge in [-0.2, -0.15) is 0 Å². The summed E-state index contributed by atoms with van der Waals surface area (Å²) in [5.74, 6) is 0.0539. The Bertz CT molecular complexity index is 1020. The lowest BCUT2D eigenvalue weighted by atomic mass is 9.98. The first-order valence-electron chi connectivity index (χ1n) is 17.7. The van der Waals surface area contributed by atoms with E-state index in [1.54, 1.807) is 11.9 Å². The average Bonchev–Trinajstić information content (AvgIpc) is 3.40. The lowest BCUT2D eigenvalue weighted by Gasteiger charge is -2.19. The quantitative estimate of drug-likeness (QED) is 0.0876. The van der Waals surface area contributed by atoms with Gasteiger partial charge in [0.1, 0.15) is 6.61 Å². The van der Waals surface area contributed by atoms with Gasteiger partial charge in [-0.3, -0.25) is 0 Å². The number of benzene rings is 2. The molecule has 0 aromatic heterocycles. The van der Waals surface area contributed by atoms with Crippen LogP contribution in [0.25, 0.3) is 11.1 Å². The van der Waals surface area contributed by atoms with Gasteiger partial charge in [0.05, 0.1) is 59.5 Å². The molecule has 0 N–H and O–H groups in total. The molecule has 0 aliphatic heterocycles. The number of hydrogen-bond acceptors (Lipinski definition) is 7. The molecule has 3 rings (SSSR count). The van der Waals surface area contributed by atoms with Gasteiger partial charge in [0.25, 0.3) is 0 Å². The summed E-state index contributed by atoms with van der Waals surface area (Å²) in [5.41, 5.74) is 4.84. The van der Waals surface area contributed by atoms with Crippen LogP contribution in [-0.2, 0) is 28.4 Å². The van der Waals surface area contributed by atoms with E-state index in [0.717, 1.165) is 13.0 Å². The molecular formula is C38H59NO7.